The van der Waals surface area contributed by atoms with E-state index in [1.54, 1.807) is 0 Å². The summed E-state index contributed by atoms with van der Waals surface area (Å²) in [5, 5.41) is 3.63. The third kappa shape index (κ3) is 4.24. The average molecular weight is 261 g/mol. The third-order valence-electron chi connectivity index (χ3n) is 4.28. The molecule has 19 heavy (non-hydrogen) atoms. The molecule has 1 aromatic rings. The lowest BCUT2D eigenvalue weighted by atomic mass is 9.87. The van der Waals surface area contributed by atoms with Gasteiger partial charge in [0.1, 0.15) is 12.4 Å². The molecule has 0 aromatic heterocycles. The first-order chi connectivity index (χ1) is 9.16. The number of hydrogen-bond donors (Lipinski definition) is 1. The molecular weight excluding hydrogens is 234 g/mol. The van der Waals surface area contributed by atoms with Crippen LogP contribution in [0.5, 0.6) is 5.75 Å². The maximum Gasteiger partial charge on any atom is 0.122 e. The van der Waals surface area contributed by atoms with Gasteiger partial charge in [-0.25, -0.2) is 0 Å². The SMILES string of the molecule is Cc1cccc(OCCNC2CCCC(C)C2)c1C. The van der Waals surface area contributed by atoms with E-state index in [0.717, 1.165) is 24.8 Å². The Morgan fingerprint density at radius 2 is 2.11 bits per heavy atom. The zero-order valence-electron chi connectivity index (χ0n) is 12.5. The van der Waals surface area contributed by atoms with Crippen molar-refractivity contribution in [2.75, 3.05) is 13.2 Å². The molecule has 0 aliphatic heterocycles. The Morgan fingerprint density at radius 3 is 2.89 bits per heavy atom. The molecule has 0 saturated heterocycles. The molecular formula is C17H27NO. The second kappa shape index (κ2) is 6.95. The standard InChI is InChI=1S/C17H27NO/c1-13-6-4-8-16(12-13)18-10-11-19-17-9-5-7-14(2)15(17)3/h5,7,9,13,16,18H,4,6,8,10-12H2,1-3H3. The molecule has 1 N–H and O–H groups in total. The summed E-state index contributed by atoms with van der Waals surface area (Å²) in [4.78, 5) is 0. The summed E-state index contributed by atoms with van der Waals surface area (Å²) in [6, 6.07) is 6.95. The van der Waals surface area contributed by atoms with Crippen molar-refractivity contribution in [1.29, 1.82) is 0 Å². The molecule has 1 saturated carbocycles. The van der Waals surface area contributed by atoms with Gasteiger partial charge in [-0.2, -0.15) is 0 Å². The van der Waals surface area contributed by atoms with Crippen molar-refractivity contribution in [3.63, 3.8) is 0 Å². The molecule has 2 unspecified atom stereocenters. The van der Waals surface area contributed by atoms with E-state index in [-0.39, 0.29) is 0 Å². The van der Waals surface area contributed by atoms with Gasteiger partial charge in [-0.15, -0.1) is 0 Å². The maximum atomic E-state index is 5.87. The van der Waals surface area contributed by atoms with Crippen LogP contribution in [-0.2, 0) is 0 Å². The number of hydrogen-bond acceptors (Lipinski definition) is 2. The first-order valence-electron chi connectivity index (χ1n) is 7.59. The van der Waals surface area contributed by atoms with Gasteiger partial charge in [0.25, 0.3) is 0 Å². The summed E-state index contributed by atoms with van der Waals surface area (Å²) >= 11 is 0. The van der Waals surface area contributed by atoms with E-state index in [1.165, 1.54) is 36.8 Å². The molecule has 0 heterocycles. The van der Waals surface area contributed by atoms with Crippen LogP contribution < -0.4 is 10.1 Å². The molecule has 0 radical (unpaired) electrons. The van der Waals surface area contributed by atoms with E-state index in [4.69, 9.17) is 4.74 Å². The fourth-order valence-corrected chi connectivity index (χ4v) is 2.92. The quantitative estimate of drug-likeness (QED) is 0.813. The van der Waals surface area contributed by atoms with Gasteiger partial charge >= 0.3 is 0 Å². The number of rotatable bonds is 5. The number of ether oxygens (including phenoxy) is 1. The lowest BCUT2D eigenvalue weighted by Gasteiger charge is -2.27. The van der Waals surface area contributed by atoms with Gasteiger partial charge in [-0.1, -0.05) is 31.9 Å². The predicted molar refractivity (Wildman–Crippen MR) is 80.8 cm³/mol. The molecule has 1 fully saturated rings. The average Bonchev–Trinajstić information content (AvgIpc) is 2.39. The molecule has 2 nitrogen and oxygen atoms in total. The normalized spacial score (nSPS) is 23.3. The molecule has 2 heteroatoms. The Bertz CT molecular complexity index is 402. The van der Waals surface area contributed by atoms with Crippen LogP contribution in [0.2, 0.25) is 0 Å². The Morgan fingerprint density at radius 1 is 1.26 bits per heavy atom. The van der Waals surface area contributed by atoms with Crippen molar-refractivity contribution in [3.05, 3.63) is 29.3 Å². The van der Waals surface area contributed by atoms with E-state index in [0.29, 0.717) is 6.04 Å². The summed E-state index contributed by atoms with van der Waals surface area (Å²) < 4.78 is 5.87. The van der Waals surface area contributed by atoms with Crippen molar-refractivity contribution in [2.45, 2.75) is 52.5 Å². The van der Waals surface area contributed by atoms with Gasteiger partial charge in [0.15, 0.2) is 0 Å². The zero-order valence-corrected chi connectivity index (χ0v) is 12.5. The van der Waals surface area contributed by atoms with Crippen molar-refractivity contribution in [3.8, 4) is 5.75 Å². The molecule has 0 bridgehead atoms. The van der Waals surface area contributed by atoms with Gasteiger partial charge < -0.3 is 10.1 Å². The van der Waals surface area contributed by atoms with Crippen LogP contribution in [0.25, 0.3) is 0 Å². The van der Waals surface area contributed by atoms with Crippen molar-refractivity contribution in [1.82, 2.24) is 5.32 Å². The molecule has 1 aromatic carbocycles. The van der Waals surface area contributed by atoms with E-state index >= 15 is 0 Å². The van der Waals surface area contributed by atoms with E-state index in [1.807, 2.05) is 0 Å². The molecule has 1 aliphatic rings. The van der Waals surface area contributed by atoms with Crippen LogP contribution in [0, 0.1) is 19.8 Å². The van der Waals surface area contributed by atoms with Crippen LogP contribution in [-0.4, -0.2) is 19.2 Å². The molecule has 0 spiro atoms. The minimum Gasteiger partial charge on any atom is -0.492 e. The maximum absolute atomic E-state index is 5.87. The van der Waals surface area contributed by atoms with Crippen LogP contribution >= 0.6 is 0 Å². The highest BCUT2D eigenvalue weighted by atomic mass is 16.5. The van der Waals surface area contributed by atoms with Gasteiger partial charge in [0.2, 0.25) is 0 Å². The zero-order chi connectivity index (χ0) is 13.7. The second-order valence-electron chi connectivity index (χ2n) is 5.97. The molecule has 106 valence electrons. The van der Waals surface area contributed by atoms with E-state index < -0.39 is 0 Å². The van der Waals surface area contributed by atoms with Crippen molar-refractivity contribution >= 4 is 0 Å². The van der Waals surface area contributed by atoms with E-state index in [2.05, 4.69) is 44.3 Å². The topological polar surface area (TPSA) is 21.3 Å². The Balaban J connectivity index is 1.70. The fourth-order valence-electron chi connectivity index (χ4n) is 2.92. The second-order valence-corrected chi connectivity index (χ2v) is 5.97. The minimum absolute atomic E-state index is 0.700. The summed E-state index contributed by atoms with van der Waals surface area (Å²) in [7, 11) is 0. The van der Waals surface area contributed by atoms with Gasteiger partial charge in [0.05, 0.1) is 0 Å². The first-order valence-corrected chi connectivity index (χ1v) is 7.59. The first kappa shape index (κ1) is 14.4. The molecule has 2 rings (SSSR count). The molecule has 2 atom stereocenters. The highest BCUT2D eigenvalue weighted by Crippen LogP contribution is 2.23. The summed E-state index contributed by atoms with van der Waals surface area (Å²) in [6.07, 6.45) is 5.42. The lowest BCUT2D eigenvalue weighted by molar-refractivity contribution is 0.265. The van der Waals surface area contributed by atoms with E-state index in [9.17, 15) is 0 Å². The van der Waals surface area contributed by atoms with Gasteiger partial charge in [-0.3, -0.25) is 0 Å². The molecule has 1 aliphatic carbocycles. The molecule has 0 amide bonds. The minimum atomic E-state index is 0.700. The monoisotopic (exact) mass is 261 g/mol. The summed E-state index contributed by atoms with van der Waals surface area (Å²) in [6.45, 7) is 8.32. The predicted octanol–water partition coefficient (Wildman–Crippen LogP) is 3.85. The van der Waals surface area contributed by atoms with Crippen LogP contribution in [0.3, 0.4) is 0 Å². The van der Waals surface area contributed by atoms with Crippen molar-refractivity contribution < 1.29 is 4.74 Å². The number of nitrogens with one attached hydrogen (secondary N) is 1. The summed E-state index contributed by atoms with van der Waals surface area (Å²) in [5.41, 5.74) is 2.56. The lowest BCUT2D eigenvalue weighted by Crippen LogP contribution is -2.36. The fraction of sp³-hybridized carbons (Fsp3) is 0.647. The number of benzene rings is 1. The highest BCUT2D eigenvalue weighted by Gasteiger charge is 2.17. The third-order valence-corrected chi connectivity index (χ3v) is 4.28. The van der Waals surface area contributed by atoms with Crippen LogP contribution in [0.4, 0.5) is 0 Å². The van der Waals surface area contributed by atoms with Crippen molar-refractivity contribution in [2.24, 2.45) is 5.92 Å². The Labute approximate surface area is 117 Å². The highest BCUT2D eigenvalue weighted by molar-refractivity contribution is 5.38. The van der Waals surface area contributed by atoms with Crippen LogP contribution in [0.1, 0.15) is 43.7 Å². The summed E-state index contributed by atoms with van der Waals surface area (Å²) in [5.74, 6) is 1.91. The largest absolute Gasteiger partial charge is 0.492 e. The Hall–Kier alpha value is -1.02. The number of aryl methyl sites for hydroxylation is 1. The van der Waals surface area contributed by atoms with Crippen LogP contribution in [0.15, 0.2) is 18.2 Å². The van der Waals surface area contributed by atoms with Gasteiger partial charge in [0, 0.05) is 12.6 Å². The van der Waals surface area contributed by atoms with Gasteiger partial charge in [-0.05, 0) is 49.8 Å². The smallest absolute Gasteiger partial charge is 0.122 e. The Kier molecular flexibility index (Phi) is 5.26.